The summed E-state index contributed by atoms with van der Waals surface area (Å²) in [6.07, 6.45) is 2.95. The molecule has 2 heterocycles. The van der Waals surface area contributed by atoms with Crippen molar-refractivity contribution in [2.75, 3.05) is 40.4 Å². The fourth-order valence-electron chi connectivity index (χ4n) is 3.48. The van der Waals surface area contributed by atoms with Crippen LogP contribution in [0, 0.1) is 0 Å². The predicted octanol–water partition coefficient (Wildman–Crippen LogP) is 1.88. The monoisotopic (exact) mass is 422 g/mol. The molecule has 0 N–H and O–H groups in total. The van der Waals surface area contributed by atoms with Crippen molar-refractivity contribution < 1.29 is 17.9 Å². The largest absolute Gasteiger partial charge is 0.378 e. The number of fused-ring (bicyclic) bond motifs is 1. The lowest BCUT2D eigenvalue weighted by Gasteiger charge is -2.26. The first kappa shape index (κ1) is 21.7. The number of hydrogen-bond acceptors (Lipinski definition) is 5. The van der Waals surface area contributed by atoms with E-state index < -0.39 is 10.0 Å². The standard InChI is InChI=1S/C20H30N4O4S/c1-4-5-10-24-18-7-6-16(29(26,27)22(2)3)15-17(18)21-19(24)8-9-20(25)23-11-13-28-14-12-23/h6-7,15H,4-5,8-14H2,1-3H3. The maximum absolute atomic E-state index is 12.5. The molecular formula is C20H30N4O4S. The molecule has 29 heavy (non-hydrogen) atoms. The van der Waals surface area contributed by atoms with Crippen LogP contribution >= 0.6 is 0 Å². The number of sulfonamides is 1. The van der Waals surface area contributed by atoms with Gasteiger partial charge >= 0.3 is 0 Å². The Bertz CT molecular complexity index is 962. The molecule has 9 heteroatoms. The smallest absolute Gasteiger partial charge is 0.242 e. The van der Waals surface area contributed by atoms with Gasteiger partial charge in [-0.2, -0.15) is 0 Å². The molecule has 1 amide bonds. The Labute approximate surface area is 172 Å². The van der Waals surface area contributed by atoms with Gasteiger partial charge in [-0.25, -0.2) is 17.7 Å². The lowest BCUT2D eigenvalue weighted by atomic mass is 10.2. The maximum atomic E-state index is 12.5. The second-order valence-corrected chi connectivity index (χ2v) is 9.62. The van der Waals surface area contributed by atoms with Gasteiger partial charge in [0.15, 0.2) is 0 Å². The number of benzene rings is 1. The summed E-state index contributed by atoms with van der Waals surface area (Å²) in [6.45, 7) is 5.37. The minimum atomic E-state index is -3.52. The SMILES string of the molecule is CCCCn1c(CCC(=O)N2CCOCC2)nc2cc(S(=O)(=O)N(C)C)ccc21. The number of aryl methyl sites for hydroxylation is 2. The fourth-order valence-corrected chi connectivity index (χ4v) is 4.40. The van der Waals surface area contributed by atoms with Crippen molar-refractivity contribution in [3.05, 3.63) is 24.0 Å². The van der Waals surface area contributed by atoms with Crippen molar-refractivity contribution in [2.24, 2.45) is 0 Å². The quantitative estimate of drug-likeness (QED) is 0.648. The lowest BCUT2D eigenvalue weighted by molar-refractivity contribution is -0.135. The van der Waals surface area contributed by atoms with Gasteiger partial charge in [0.2, 0.25) is 15.9 Å². The first-order valence-corrected chi connectivity index (χ1v) is 11.6. The first-order chi connectivity index (χ1) is 13.8. The molecule has 1 aromatic carbocycles. The van der Waals surface area contributed by atoms with Gasteiger partial charge in [-0.3, -0.25) is 4.79 Å². The number of aromatic nitrogens is 2. The van der Waals surface area contributed by atoms with Crippen LogP contribution in [0.4, 0.5) is 0 Å². The van der Waals surface area contributed by atoms with Crippen molar-refractivity contribution in [1.82, 2.24) is 18.8 Å². The van der Waals surface area contributed by atoms with E-state index in [-0.39, 0.29) is 10.8 Å². The number of ether oxygens (including phenoxy) is 1. The number of hydrogen-bond donors (Lipinski definition) is 0. The van der Waals surface area contributed by atoms with Crippen LogP contribution in [0.5, 0.6) is 0 Å². The van der Waals surface area contributed by atoms with Crippen molar-refractivity contribution in [1.29, 1.82) is 0 Å². The van der Waals surface area contributed by atoms with Crippen LogP contribution in [-0.4, -0.2) is 73.5 Å². The van der Waals surface area contributed by atoms with Crippen molar-refractivity contribution in [3.8, 4) is 0 Å². The molecule has 0 radical (unpaired) electrons. The molecule has 1 fully saturated rings. The van der Waals surface area contributed by atoms with Gasteiger partial charge in [0.25, 0.3) is 0 Å². The molecule has 0 unspecified atom stereocenters. The van der Waals surface area contributed by atoms with Gasteiger partial charge in [-0.05, 0) is 24.6 Å². The summed E-state index contributed by atoms with van der Waals surface area (Å²) in [7, 11) is -0.486. The summed E-state index contributed by atoms with van der Waals surface area (Å²) in [5.41, 5.74) is 1.56. The van der Waals surface area contributed by atoms with Crippen LogP contribution in [0.3, 0.4) is 0 Å². The molecule has 0 spiro atoms. The molecule has 2 aromatic rings. The van der Waals surface area contributed by atoms with E-state index in [1.165, 1.54) is 18.4 Å². The minimum Gasteiger partial charge on any atom is -0.378 e. The Morgan fingerprint density at radius 3 is 2.62 bits per heavy atom. The van der Waals surface area contributed by atoms with Crippen LogP contribution in [0.2, 0.25) is 0 Å². The molecular weight excluding hydrogens is 392 g/mol. The van der Waals surface area contributed by atoms with Crippen LogP contribution in [0.25, 0.3) is 11.0 Å². The Morgan fingerprint density at radius 2 is 1.97 bits per heavy atom. The predicted molar refractivity (Wildman–Crippen MR) is 111 cm³/mol. The summed E-state index contributed by atoms with van der Waals surface area (Å²) < 4.78 is 33.6. The zero-order valence-electron chi connectivity index (χ0n) is 17.4. The summed E-state index contributed by atoms with van der Waals surface area (Å²) in [4.78, 5) is 19.3. The van der Waals surface area contributed by atoms with E-state index in [1.54, 1.807) is 12.1 Å². The van der Waals surface area contributed by atoms with Gasteiger partial charge in [-0.1, -0.05) is 13.3 Å². The summed E-state index contributed by atoms with van der Waals surface area (Å²) in [6, 6.07) is 5.08. The molecule has 0 atom stereocenters. The minimum absolute atomic E-state index is 0.110. The van der Waals surface area contributed by atoms with Crippen LogP contribution in [0.15, 0.2) is 23.1 Å². The number of nitrogens with zero attached hydrogens (tertiary/aromatic N) is 4. The van der Waals surface area contributed by atoms with Gasteiger partial charge in [-0.15, -0.1) is 0 Å². The molecule has 0 aliphatic carbocycles. The zero-order chi connectivity index (χ0) is 21.0. The van der Waals surface area contributed by atoms with Crippen LogP contribution in [0.1, 0.15) is 32.0 Å². The van der Waals surface area contributed by atoms with Gasteiger partial charge < -0.3 is 14.2 Å². The second-order valence-electron chi connectivity index (χ2n) is 7.46. The Hall–Kier alpha value is -1.97. The van der Waals surface area contributed by atoms with E-state index >= 15 is 0 Å². The third-order valence-electron chi connectivity index (χ3n) is 5.24. The van der Waals surface area contributed by atoms with Crippen molar-refractivity contribution >= 4 is 27.0 Å². The molecule has 1 aliphatic heterocycles. The van der Waals surface area contributed by atoms with Gasteiger partial charge in [0, 0.05) is 46.6 Å². The molecule has 1 aromatic heterocycles. The summed E-state index contributed by atoms with van der Waals surface area (Å²) >= 11 is 0. The van der Waals surface area contributed by atoms with Gasteiger partial charge in [0.05, 0.1) is 29.1 Å². The van der Waals surface area contributed by atoms with E-state index in [9.17, 15) is 13.2 Å². The maximum Gasteiger partial charge on any atom is 0.242 e. The third-order valence-corrected chi connectivity index (χ3v) is 7.05. The molecule has 0 saturated carbocycles. The third kappa shape index (κ3) is 4.79. The molecule has 1 saturated heterocycles. The number of morpholine rings is 1. The number of carbonyl (C=O) groups excluding carboxylic acids is 1. The highest BCUT2D eigenvalue weighted by Crippen LogP contribution is 2.23. The van der Waals surface area contributed by atoms with E-state index in [4.69, 9.17) is 9.72 Å². The number of amides is 1. The average Bonchev–Trinajstić information content (AvgIpc) is 3.07. The van der Waals surface area contributed by atoms with E-state index in [0.717, 1.165) is 30.7 Å². The summed E-state index contributed by atoms with van der Waals surface area (Å²) in [5.74, 6) is 0.938. The van der Waals surface area contributed by atoms with Crippen molar-refractivity contribution in [3.63, 3.8) is 0 Å². The highest BCUT2D eigenvalue weighted by atomic mass is 32.2. The Morgan fingerprint density at radius 1 is 1.24 bits per heavy atom. The Kier molecular flexibility index (Phi) is 6.92. The fraction of sp³-hybridized carbons (Fsp3) is 0.600. The number of unbranched alkanes of at least 4 members (excludes halogenated alkanes) is 1. The van der Waals surface area contributed by atoms with Gasteiger partial charge in [0.1, 0.15) is 5.82 Å². The number of rotatable bonds is 8. The van der Waals surface area contributed by atoms with Crippen LogP contribution in [-0.2, 0) is 32.5 Å². The molecule has 1 aliphatic rings. The first-order valence-electron chi connectivity index (χ1n) is 10.1. The zero-order valence-corrected chi connectivity index (χ0v) is 18.2. The topological polar surface area (TPSA) is 84.7 Å². The van der Waals surface area contributed by atoms with Crippen molar-refractivity contribution in [2.45, 2.75) is 44.0 Å². The molecule has 3 rings (SSSR count). The molecule has 160 valence electrons. The number of imidazole rings is 1. The average molecular weight is 423 g/mol. The van der Waals surface area contributed by atoms with E-state index in [2.05, 4.69) is 11.5 Å². The highest BCUT2D eigenvalue weighted by molar-refractivity contribution is 7.89. The van der Waals surface area contributed by atoms with E-state index in [1.807, 2.05) is 11.0 Å². The van der Waals surface area contributed by atoms with E-state index in [0.29, 0.717) is 44.7 Å². The second kappa shape index (κ2) is 9.23. The molecule has 8 nitrogen and oxygen atoms in total. The highest BCUT2D eigenvalue weighted by Gasteiger charge is 2.21. The Balaban J connectivity index is 1.87. The van der Waals surface area contributed by atoms with Crippen LogP contribution < -0.4 is 0 Å². The summed E-state index contributed by atoms with van der Waals surface area (Å²) in [5, 5.41) is 0. The normalized spacial score (nSPS) is 15.4. The number of carbonyl (C=O) groups is 1. The lowest BCUT2D eigenvalue weighted by Crippen LogP contribution is -2.40. The molecule has 0 bridgehead atoms.